The van der Waals surface area contributed by atoms with Crippen molar-refractivity contribution in [3.63, 3.8) is 0 Å². The Morgan fingerprint density at radius 2 is 1.45 bits per heavy atom. The molecule has 0 aliphatic rings. The first-order valence-corrected chi connectivity index (χ1v) is 4.04. The minimum atomic E-state index is -0.614. The highest BCUT2D eigenvalue weighted by molar-refractivity contribution is 4.87. The van der Waals surface area contributed by atoms with E-state index in [1.807, 2.05) is 27.9 Å². The molecule has 1 N–H and O–H groups in total. The summed E-state index contributed by atoms with van der Waals surface area (Å²) in [4.78, 5) is 2.10. The zero-order valence-corrected chi connectivity index (χ0v) is 8.60. The standard InChI is InChI=1S/C9H21NO/c1-8(2,7-10(5)6)9(3,4)11/h11H,7H2,1-6H3. The number of nitrogens with zero attached hydrogens (tertiary/aromatic N) is 1. The third-order valence-corrected chi connectivity index (χ3v) is 2.37. The lowest BCUT2D eigenvalue weighted by molar-refractivity contribution is -0.0460. The van der Waals surface area contributed by atoms with Crippen LogP contribution in [0, 0.1) is 5.41 Å². The normalized spacial score (nSPS) is 14.2. The van der Waals surface area contributed by atoms with Crippen LogP contribution in [-0.2, 0) is 0 Å². The Morgan fingerprint density at radius 1 is 1.09 bits per heavy atom. The van der Waals surface area contributed by atoms with Gasteiger partial charge >= 0.3 is 0 Å². The van der Waals surface area contributed by atoms with E-state index in [4.69, 9.17) is 0 Å². The van der Waals surface area contributed by atoms with Gasteiger partial charge in [0.2, 0.25) is 0 Å². The summed E-state index contributed by atoms with van der Waals surface area (Å²) in [7, 11) is 4.04. The average Bonchev–Trinajstić information content (AvgIpc) is 1.56. The van der Waals surface area contributed by atoms with Crippen LogP contribution in [0.5, 0.6) is 0 Å². The molecule has 0 heterocycles. The van der Waals surface area contributed by atoms with Crippen LogP contribution in [0.25, 0.3) is 0 Å². The fourth-order valence-electron chi connectivity index (χ4n) is 0.984. The third kappa shape index (κ3) is 3.21. The van der Waals surface area contributed by atoms with E-state index in [2.05, 4.69) is 18.7 Å². The number of rotatable bonds is 3. The first-order chi connectivity index (χ1) is 4.67. The second kappa shape index (κ2) is 3.11. The number of hydrogen-bond acceptors (Lipinski definition) is 2. The summed E-state index contributed by atoms with van der Waals surface area (Å²) >= 11 is 0. The van der Waals surface area contributed by atoms with Gasteiger partial charge in [-0.3, -0.25) is 0 Å². The van der Waals surface area contributed by atoms with E-state index in [-0.39, 0.29) is 5.41 Å². The predicted molar refractivity (Wildman–Crippen MR) is 48.6 cm³/mol. The molecule has 0 spiro atoms. The molecule has 0 aliphatic heterocycles. The molecule has 0 amide bonds. The predicted octanol–water partition coefficient (Wildman–Crippen LogP) is 1.35. The van der Waals surface area contributed by atoms with Crippen LogP contribution in [-0.4, -0.2) is 36.2 Å². The van der Waals surface area contributed by atoms with Crippen molar-refractivity contribution >= 4 is 0 Å². The van der Waals surface area contributed by atoms with E-state index in [1.165, 1.54) is 0 Å². The molecule has 0 aliphatic carbocycles. The second-order valence-electron chi connectivity index (χ2n) is 4.68. The summed E-state index contributed by atoms with van der Waals surface area (Å²) in [6.07, 6.45) is 0. The largest absolute Gasteiger partial charge is 0.390 e. The molecule has 0 saturated heterocycles. The molecule has 0 aromatic carbocycles. The van der Waals surface area contributed by atoms with Gasteiger partial charge in [0.05, 0.1) is 5.60 Å². The van der Waals surface area contributed by atoms with Gasteiger partial charge in [-0.1, -0.05) is 13.8 Å². The Kier molecular flexibility index (Phi) is 3.09. The van der Waals surface area contributed by atoms with Crippen molar-refractivity contribution in [3.05, 3.63) is 0 Å². The van der Waals surface area contributed by atoms with Gasteiger partial charge in [-0.2, -0.15) is 0 Å². The molecule has 0 atom stereocenters. The maximum Gasteiger partial charge on any atom is 0.0654 e. The maximum atomic E-state index is 9.77. The smallest absolute Gasteiger partial charge is 0.0654 e. The van der Waals surface area contributed by atoms with E-state index < -0.39 is 5.60 Å². The van der Waals surface area contributed by atoms with Gasteiger partial charge in [0.1, 0.15) is 0 Å². The Morgan fingerprint density at radius 3 is 1.55 bits per heavy atom. The highest BCUT2D eigenvalue weighted by Crippen LogP contribution is 2.30. The maximum absolute atomic E-state index is 9.77. The number of hydrogen-bond donors (Lipinski definition) is 1. The van der Waals surface area contributed by atoms with Crippen LogP contribution in [0.4, 0.5) is 0 Å². The molecular weight excluding hydrogens is 138 g/mol. The van der Waals surface area contributed by atoms with Crippen molar-refractivity contribution in [1.82, 2.24) is 4.90 Å². The van der Waals surface area contributed by atoms with Gasteiger partial charge in [-0.25, -0.2) is 0 Å². The summed E-state index contributed by atoms with van der Waals surface area (Å²) in [6, 6.07) is 0. The average molecular weight is 159 g/mol. The van der Waals surface area contributed by atoms with Crippen molar-refractivity contribution in [2.45, 2.75) is 33.3 Å². The molecule has 0 bridgehead atoms. The quantitative estimate of drug-likeness (QED) is 0.672. The molecule has 0 rings (SSSR count). The molecule has 2 nitrogen and oxygen atoms in total. The highest BCUT2D eigenvalue weighted by Gasteiger charge is 2.34. The number of aliphatic hydroxyl groups is 1. The minimum absolute atomic E-state index is 0.0590. The topological polar surface area (TPSA) is 23.5 Å². The monoisotopic (exact) mass is 159 g/mol. The first-order valence-electron chi connectivity index (χ1n) is 4.04. The molecule has 0 fully saturated rings. The molecule has 11 heavy (non-hydrogen) atoms. The second-order valence-corrected chi connectivity index (χ2v) is 4.68. The zero-order chi connectivity index (χ0) is 9.28. The van der Waals surface area contributed by atoms with Gasteiger partial charge < -0.3 is 10.0 Å². The molecule has 0 aromatic rings. The van der Waals surface area contributed by atoms with Crippen molar-refractivity contribution < 1.29 is 5.11 Å². The summed E-state index contributed by atoms with van der Waals surface area (Å²) in [5.41, 5.74) is -0.673. The Bertz CT molecular complexity index is 122. The lowest BCUT2D eigenvalue weighted by Crippen LogP contribution is -2.45. The van der Waals surface area contributed by atoms with Crippen LogP contribution in [0.1, 0.15) is 27.7 Å². The van der Waals surface area contributed by atoms with E-state index in [0.29, 0.717) is 0 Å². The molecule has 2 heteroatoms. The van der Waals surface area contributed by atoms with Crippen molar-refractivity contribution in [2.24, 2.45) is 5.41 Å². The molecule has 68 valence electrons. The Hall–Kier alpha value is -0.0800. The van der Waals surface area contributed by atoms with Crippen LogP contribution < -0.4 is 0 Å². The molecular formula is C9H21NO. The van der Waals surface area contributed by atoms with E-state index in [1.54, 1.807) is 0 Å². The minimum Gasteiger partial charge on any atom is -0.390 e. The van der Waals surface area contributed by atoms with Crippen LogP contribution in [0.2, 0.25) is 0 Å². The van der Waals surface area contributed by atoms with E-state index >= 15 is 0 Å². The summed E-state index contributed by atoms with van der Waals surface area (Å²) in [5.74, 6) is 0. The molecule has 0 radical (unpaired) electrons. The van der Waals surface area contributed by atoms with Gasteiger partial charge in [0, 0.05) is 12.0 Å². The van der Waals surface area contributed by atoms with Crippen LogP contribution in [0.15, 0.2) is 0 Å². The van der Waals surface area contributed by atoms with E-state index in [0.717, 1.165) is 6.54 Å². The van der Waals surface area contributed by atoms with Crippen LogP contribution in [0.3, 0.4) is 0 Å². The lowest BCUT2D eigenvalue weighted by atomic mass is 9.77. The third-order valence-electron chi connectivity index (χ3n) is 2.37. The molecule has 0 aromatic heterocycles. The van der Waals surface area contributed by atoms with Crippen molar-refractivity contribution in [2.75, 3.05) is 20.6 Å². The van der Waals surface area contributed by atoms with Gasteiger partial charge in [-0.15, -0.1) is 0 Å². The fourth-order valence-corrected chi connectivity index (χ4v) is 0.984. The van der Waals surface area contributed by atoms with Crippen molar-refractivity contribution in [1.29, 1.82) is 0 Å². The summed E-state index contributed by atoms with van der Waals surface area (Å²) < 4.78 is 0. The summed E-state index contributed by atoms with van der Waals surface area (Å²) in [6.45, 7) is 8.77. The van der Waals surface area contributed by atoms with Crippen molar-refractivity contribution in [3.8, 4) is 0 Å². The van der Waals surface area contributed by atoms with E-state index in [9.17, 15) is 5.11 Å². The first kappa shape index (κ1) is 10.9. The van der Waals surface area contributed by atoms with Gasteiger partial charge in [-0.05, 0) is 27.9 Å². The Labute approximate surface area is 70.2 Å². The SMILES string of the molecule is CN(C)CC(C)(C)C(C)(C)O. The highest BCUT2D eigenvalue weighted by atomic mass is 16.3. The Balaban J connectivity index is 4.22. The zero-order valence-electron chi connectivity index (χ0n) is 8.60. The lowest BCUT2D eigenvalue weighted by Gasteiger charge is -2.39. The fraction of sp³-hybridized carbons (Fsp3) is 1.00. The van der Waals surface area contributed by atoms with Gasteiger partial charge in [0.15, 0.2) is 0 Å². The summed E-state index contributed by atoms with van der Waals surface area (Å²) in [5, 5.41) is 9.77. The molecule has 0 saturated carbocycles. The molecule has 0 unspecified atom stereocenters. The van der Waals surface area contributed by atoms with Crippen LogP contribution >= 0.6 is 0 Å². The van der Waals surface area contributed by atoms with Gasteiger partial charge in [0.25, 0.3) is 0 Å².